The van der Waals surface area contributed by atoms with Gasteiger partial charge in [0.2, 0.25) is 0 Å². The predicted molar refractivity (Wildman–Crippen MR) is 61.0 cm³/mol. The van der Waals surface area contributed by atoms with Gasteiger partial charge in [-0.3, -0.25) is 4.79 Å². The molecule has 1 aliphatic rings. The minimum atomic E-state index is -0.684. The van der Waals surface area contributed by atoms with E-state index in [0.717, 1.165) is 28.9 Å². The van der Waals surface area contributed by atoms with E-state index in [-0.39, 0.29) is 11.8 Å². The van der Waals surface area contributed by atoms with Crippen molar-refractivity contribution in [1.82, 2.24) is 0 Å². The Labute approximate surface area is 95.0 Å². The van der Waals surface area contributed by atoms with E-state index in [4.69, 9.17) is 9.84 Å². The van der Waals surface area contributed by atoms with E-state index >= 15 is 0 Å². The zero-order valence-corrected chi connectivity index (χ0v) is 9.78. The Kier molecular flexibility index (Phi) is 2.62. The van der Waals surface area contributed by atoms with Gasteiger partial charge in [-0.05, 0) is 42.9 Å². The molecule has 0 amide bonds. The summed E-state index contributed by atoms with van der Waals surface area (Å²) >= 11 is 0. The van der Waals surface area contributed by atoms with E-state index in [0.29, 0.717) is 0 Å². The SMILES string of the molecule is COc1c(C)cc(C2CC2C(=O)O)cc1C. The van der Waals surface area contributed by atoms with Crippen LogP contribution in [0, 0.1) is 19.8 Å². The molecule has 1 N–H and O–H groups in total. The number of carboxylic acids is 1. The molecule has 0 bridgehead atoms. The summed E-state index contributed by atoms with van der Waals surface area (Å²) in [6.45, 7) is 3.99. The summed E-state index contributed by atoms with van der Waals surface area (Å²) < 4.78 is 5.29. The molecule has 2 atom stereocenters. The zero-order valence-electron chi connectivity index (χ0n) is 9.78. The summed E-state index contributed by atoms with van der Waals surface area (Å²) in [5.74, 6) is 0.223. The Morgan fingerprint density at radius 1 is 1.38 bits per heavy atom. The van der Waals surface area contributed by atoms with Gasteiger partial charge < -0.3 is 9.84 Å². The van der Waals surface area contributed by atoms with E-state index in [1.807, 2.05) is 26.0 Å². The highest BCUT2D eigenvalue weighted by molar-refractivity contribution is 5.75. The fourth-order valence-corrected chi connectivity index (χ4v) is 2.36. The van der Waals surface area contributed by atoms with Crippen molar-refractivity contribution in [3.05, 3.63) is 28.8 Å². The van der Waals surface area contributed by atoms with Crippen LogP contribution in [0.3, 0.4) is 0 Å². The first-order chi connectivity index (χ1) is 7.54. The molecule has 3 nitrogen and oxygen atoms in total. The first-order valence-corrected chi connectivity index (χ1v) is 5.42. The van der Waals surface area contributed by atoms with Crippen molar-refractivity contribution in [2.75, 3.05) is 7.11 Å². The highest BCUT2D eigenvalue weighted by atomic mass is 16.5. The number of hydrogen-bond acceptors (Lipinski definition) is 2. The number of methoxy groups -OCH3 is 1. The molecule has 1 aromatic carbocycles. The Balaban J connectivity index is 2.28. The lowest BCUT2D eigenvalue weighted by Crippen LogP contribution is -2.00. The first-order valence-electron chi connectivity index (χ1n) is 5.42. The second-order valence-corrected chi connectivity index (χ2v) is 4.47. The van der Waals surface area contributed by atoms with E-state index in [1.54, 1.807) is 7.11 Å². The van der Waals surface area contributed by atoms with Gasteiger partial charge in [-0.2, -0.15) is 0 Å². The number of benzene rings is 1. The topological polar surface area (TPSA) is 46.5 Å². The van der Waals surface area contributed by atoms with Crippen LogP contribution in [0.15, 0.2) is 12.1 Å². The maximum Gasteiger partial charge on any atom is 0.307 e. The predicted octanol–water partition coefficient (Wildman–Crippen LogP) is 2.50. The molecule has 0 heterocycles. The fourth-order valence-electron chi connectivity index (χ4n) is 2.36. The van der Waals surface area contributed by atoms with Crippen molar-refractivity contribution in [3.63, 3.8) is 0 Å². The minimum Gasteiger partial charge on any atom is -0.496 e. The van der Waals surface area contributed by atoms with Gasteiger partial charge in [0, 0.05) is 0 Å². The third-order valence-corrected chi connectivity index (χ3v) is 3.22. The van der Waals surface area contributed by atoms with Crippen LogP contribution in [0.5, 0.6) is 5.75 Å². The summed E-state index contributed by atoms with van der Waals surface area (Å²) in [4.78, 5) is 10.8. The molecule has 1 fully saturated rings. The molecule has 2 unspecified atom stereocenters. The van der Waals surface area contributed by atoms with E-state index in [1.165, 1.54) is 0 Å². The largest absolute Gasteiger partial charge is 0.496 e. The van der Waals surface area contributed by atoms with Crippen LogP contribution in [-0.4, -0.2) is 18.2 Å². The normalized spacial score (nSPS) is 22.9. The van der Waals surface area contributed by atoms with Crippen molar-refractivity contribution in [1.29, 1.82) is 0 Å². The third-order valence-electron chi connectivity index (χ3n) is 3.22. The molecular weight excluding hydrogens is 204 g/mol. The zero-order chi connectivity index (χ0) is 11.9. The van der Waals surface area contributed by atoms with Crippen molar-refractivity contribution in [2.45, 2.75) is 26.2 Å². The third kappa shape index (κ3) is 1.77. The molecular formula is C13H16O3. The summed E-state index contributed by atoms with van der Waals surface area (Å²) in [5.41, 5.74) is 3.28. The second kappa shape index (κ2) is 3.81. The molecule has 1 aliphatic carbocycles. The van der Waals surface area contributed by atoms with Crippen molar-refractivity contribution >= 4 is 5.97 Å². The van der Waals surface area contributed by atoms with E-state index in [2.05, 4.69) is 0 Å². The standard InChI is InChI=1S/C13H16O3/c1-7-4-9(5-8(2)12(7)16-3)10-6-11(10)13(14)15/h4-5,10-11H,6H2,1-3H3,(H,14,15). The number of rotatable bonds is 3. The molecule has 1 aromatic rings. The van der Waals surface area contributed by atoms with Gasteiger partial charge in [-0.25, -0.2) is 0 Å². The molecule has 0 aromatic heterocycles. The van der Waals surface area contributed by atoms with Crippen LogP contribution in [0.2, 0.25) is 0 Å². The maximum absolute atomic E-state index is 10.8. The van der Waals surface area contributed by atoms with E-state index < -0.39 is 5.97 Å². The average Bonchev–Trinajstić information content (AvgIpc) is 2.96. The van der Waals surface area contributed by atoms with Crippen molar-refractivity contribution in [2.24, 2.45) is 5.92 Å². The van der Waals surface area contributed by atoms with Gasteiger partial charge in [0.1, 0.15) is 5.75 Å². The lowest BCUT2D eigenvalue weighted by molar-refractivity contribution is -0.138. The van der Waals surface area contributed by atoms with Crippen LogP contribution >= 0.6 is 0 Å². The van der Waals surface area contributed by atoms with Gasteiger partial charge in [-0.15, -0.1) is 0 Å². The van der Waals surface area contributed by atoms with Crippen LogP contribution in [0.25, 0.3) is 0 Å². The molecule has 0 spiro atoms. The molecule has 3 heteroatoms. The van der Waals surface area contributed by atoms with Crippen molar-refractivity contribution in [3.8, 4) is 5.75 Å². The average molecular weight is 220 g/mol. The second-order valence-electron chi connectivity index (χ2n) is 4.47. The maximum atomic E-state index is 10.8. The number of carbonyl (C=O) groups is 1. The van der Waals surface area contributed by atoms with Gasteiger partial charge >= 0.3 is 5.97 Å². The smallest absolute Gasteiger partial charge is 0.307 e. The summed E-state index contributed by atoms with van der Waals surface area (Å²) in [5, 5.41) is 8.90. The van der Waals surface area contributed by atoms with Gasteiger partial charge in [0.25, 0.3) is 0 Å². The number of ether oxygens (including phenoxy) is 1. The number of hydrogen-bond donors (Lipinski definition) is 1. The highest BCUT2D eigenvalue weighted by Gasteiger charge is 2.44. The van der Waals surface area contributed by atoms with Crippen LogP contribution in [-0.2, 0) is 4.79 Å². The first kappa shape index (κ1) is 11.0. The Morgan fingerprint density at radius 2 is 1.94 bits per heavy atom. The molecule has 1 saturated carbocycles. The molecule has 2 rings (SSSR count). The minimum absolute atomic E-state index is 0.188. The number of aliphatic carboxylic acids is 1. The lowest BCUT2D eigenvalue weighted by Gasteiger charge is -2.10. The van der Waals surface area contributed by atoms with Gasteiger partial charge in [0.05, 0.1) is 13.0 Å². The Morgan fingerprint density at radius 3 is 2.31 bits per heavy atom. The highest BCUT2D eigenvalue weighted by Crippen LogP contribution is 2.48. The quantitative estimate of drug-likeness (QED) is 0.851. The summed E-state index contributed by atoms with van der Waals surface area (Å²) in [7, 11) is 1.66. The summed E-state index contributed by atoms with van der Waals surface area (Å²) in [6, 6.07) is 4.08. The Bertz CT molecular complexity index is 414. The van der Waals surface area contributed by atoms with E-state index in [9.17, 15) is 4.79 Å². The monoisotopic (exact) mass is 220 g/mol. The van der Waals surface area contributed by atoms with Crippen LogP contribution in [0.4, 0.5) is 0 Å². The summed E-state index contributed by atoms with van der Waals surface area (Å²) in [6.07, 6.45) is 0.764. The van der Waals surface area contributed by atoms with Gasteiger partial charge in [0.15, 0.2) is 0 Å². The molecule has 86 valence electrons. The van der Waals surface area contributed by atoms with Crippen molar-refractivity contribution < 1.29 is 14.6 Å². The van der Waals surface area contributed by atoms with Crippen LogP contribution < -0.4 is 4.74 Å². The Hall–Kier alpha value is -1.51. The van der Waals surface area contributed by atoms with Crippen LogP contribution in [0.1, 0.15) is 29.0 Å². The molecule has 0 aliphatic heterocycles. The molecule has 16 heavy (non-hydrogen) atoms. The number of aryl methyl sites for hydroxylation is 2. The molecule has 0 radical (unpaired) electrons. The lowest BCUT2D eigenvalue weighted by atomic mass is 10.0. The molecule has 0 saturated heterocycles. The number of carboxylic acid groups (broad SMARTS) is 1. The van der Waals surface area contributed by atoms with Gasteiger partial charge in [-0.1, -0.05) is 12.1 Å². The fraction of sp³-hybridized carbons (Fsp3) is 0.462.